The second-order valence-corrected chi connectivity index (χ2v) is 7.48. The molecule has 0 saturated carbocycles. The lowest BCUT2D eigenvalue weighted by Gasteiger charge is -2.10. The number of nitrogens with one attached hydrogen (secondary N) is 1. The predicted octanol–water partition coefficient (Wildman–Crippen LogP) is 5.46. The first-order valence-corrected chi connectivity index (χ1v) is 10.2. The maximum absolute atomic E-state index is 12.5. The van der Waals surface area contributed by atoms with Crippen LogP contribution < -0.4 is 10.1 Å². The predicted molar refractivity (Wildman–Crippen MR) is 118 cm³/mol. The summed E-state index contributed by atoms with van der Waals surface area (Å²) in [4.78, 5) is 24.9. The van der Waals surface area contributed by atoms with E-state index in [9.17, 15) is 9.59 Å². The Morgan fingerprint density at radius 3 is 2.35 bits per heavy atom. The normalized spacial score (nSPS) is 10.6. The number of hydrogen-bond donors (Lipinski definition) is 1. The molecule has 1 amide bonds. The number of nitrogens with zero attached hydrogens (tertiary/aromatic N) is 1. The number of ether oxygens (including phenoxy) is 2. The molecule has 0 aliphatic rings. The van der Waals surface area contributed by atoms with Crippen LogP contribution in [0, 0.1) is 13.8 Å². The Morgan fingerprint density at radius 1 is 1.10 bits per heavy atom. The van der Waals surface area contributed by atoms with Crippen LogP contribution in [-0.4, -0.2) is 30.2 Å². The molecule has 0 atom stereocenters. The van der Waals surface area contributed by atoms with Crippen molar-refractivity contribution in [1.29, 1.82) is 0 Å². The lowest BCUT2D eigenvalue weighted by atomic mass is 10.1. The van der Waals surface area contributed by atoms with Gasteiger partial charge in [0.15, 0.2) is 12.2 Å². The smallest absolute Gasteiger partial charge is 0.346 e. The fourth-order valence-corrected chi connectivity index (χ4v) is 3.11. The van der Waals surface area contributed by atoms with Crippen molar-refractivity contribution in [2.75, 3.05) is 18.5 Å². The molecule has 2 aromatic carbocycles. The second kappa shape index (κ2) is 9.85. The topological polar surface area (TPSA) is 90.7 Å². The number of amides is 1. The number of carbonyl (C=O) groups excluding carboxylic acids is 2. The summed E-state index contributed by atoms with van der Waals surface area (Å²) in [6.07, 6.45) is 0. The number of hydrogen-bond acceptors (Lipinski definition) is 6. The van der Waals surface area contributed by atoms with Crippen LogP contribution in [0.3, 0.4) is 0 Å². The standard InChI is InChI=1S/C22H20Cl2N2O5/c1-4-29-22(28)18-20(14-5-7-15(23)8-6-14)26-31-21(18)25-17(27)11-30-16-9-12(2)19(24)13(3)10-16/h5-10H,4,11H2,1-3H3,(H,25,27). The van der Waals surface area contributed by atoms with Crippen LogP contribution in [-0.2, 0) is 9.53 Å². The van der Waals surface area contributed by atoms with Crippen LogP contribution in [0.5, 0.6) is 5.75 Å². The monoisotopic (exact) mass is 462 g/mol. The molecule has 7 nitrogen and oxygen atoms in total. The highest BCUT2D eigenvalue weighted by Gasteiger charge is 2.26. The Balaban J connectivity index is 1.79. The zero-order chi connectivity index (χ0) is 22.5. The van der Waals surface area contributed by atoms with Crippen molar-refractivity contribution >= 4 is 41.0 Å². The van der Waals surface area contributed by atoms with Gasteiger partial charge in [0.2, 0.25) is 5.88 Å². The van der Waals surface area contributed by atoms with Crippen molar-refractivity contribution in [3.63, 3.8) is 0 Å². The second-order valence-electron chi connectivity index (χ2n) is 6.67. The quantitative estimate of drug-likeness (QED) is 0.468. The molecule has 3 aromatic rings. The average Bonchev–Trinajstić information content (AvgIpc) is 3.14. The summed E-state index contributed by atoms with van der Waals surface area (Å²) >= 11 is 12.1. The molecule has 0 aliphatic heterocycles. The average molecular weight is 463 g/mol. The van der Waals surface area contributed by atoms with Crippen molar-refractivity contribution < 1.29 is 23.6 Å². The van der Waals surface area contributed by atoms with E-state index in [1.165, 1.54) is 0 Å². The van der Waals surface area contributed by atoms with Crippen molar-refractivity contribution in [1.82, 2.24) is 5.16 Å². The summed E-state index contributed by atoms with van der Waals surface area (Å²) < 4.78 is 15.9. The summed E-state index contributed by atoms with van der Waals surface area (Å²) in [6, 6.07) is 10.1. The molecule has 0 radical (unpaired) electrons. The van der Waals surface area contributed by atoms with E-state index in [4.69, 9.17) is 37.2 Å². The summed E-state index contributed by atoms with van der Waals surface area (Å²) in [5.41, 5.74) is 2.50. The van der Waals surface area contributed by atoms with Gasteiger partial charge in [-0.15, -0.1) is 0 Å². The first-order chi connectivity index (χ1) is 14.8. The highest BCUT2D eigenvalue weighted by Crippen LogP contribution is 2.31. The fourth-order valence-electron chi connectivity index (χ4n) is 2.87. The van der Waals surface area contributed by atoms with E-state index in [2.05, 4.69) is 10.5 Å². The molecule has 0 bridgehead atoms. The molecule has 3 rings (SSSR count). The molecule has 1 heterocycles. The molecule has 0 unspecified atom stereocenters. The van der Waals surface area contributed by atoms with E-state index >= 15 is 0 Å². The van der Waals surface area contributed by atoms with Gasteiger partial charge in [-0.1, -0.05) is 40.5 Å². The highest BCUT2D eigenvalue weighted by molar-refractivity contribution is 6.32. The van der Waals surface area contributed by atoms with Crippen LogP contribution in [0.1, 0.15) is 28.4 Å². The third-order valence-corrected chi connectivity index (χ3v) is 5.17. The molecule has 0 fully saturated rings. The summed E-state index contributed by atoms with van der Waals surface area (Å²) in [6.45, 7) is 5.21. The van der Waals surface area contributed by atoms with E-state index in [0.29, 0.717) is 21.4 Å². The van der Waals surface area contributed by atoms with E-state index < -0.39 is 11.9 Å². The SMILES string of the molecule is CCOC(=O)c1c(-c2ccc(Cl)cc2)noc1NC(=O)COc1cc(C)c(Cl)c(C)c1. The molecule has 162 valence electrons. The van der Waals surface area contributed by atoms with Crippen LogP contribution in [0.2, 0.25) is 10.0 Å². The molecular formula is C22H20Cl2N2O5. The number of rotatable bonds is 7. The van der Waals surface area contributed by atoms with Crippen LogP contribution >= 0.6 is 23.2 Å². The zero-order valence-corrected chi connectivity index (χ0v) is 18.6. The van der Waals surface area contributed by atoms with Crippen molar-refractivity contribution in [2.24, 2.45) is 0 Å². The van der Waals surface area contributed by atoms with Gasteiger partial charge < -0.3 is 14.0 Å². The molecule has 0 aliphatic carbocycles. The minimum atomic E-state index is -0.672. The lowest BCUT2D eigenvalue weighted by molar-refractivity contribution is -0.118. The number of carbonyl (C=O) groups is 2. The van der Waals surface area contributed by atoms with Crippen LogP contribution in [0.15, 0.2) is 40.9 Å². The van der Waals surface area contributed by atoms with Gasteiger partial charge in [-0.3, -0.25) is 10.1 Å². The molecule has 1 aromatic heterocycles. The molecule has 0 saturated heterocycles. The molecule has 9 heteroatoms. The number of halogens is 2. The molecular weight excluding hydrogens is 443 g/mol. The third kappa shape index (κ3) is 5.37. The molecule has 31 heavy (non-hydrogen) atoms. The van der Waals surface area contributed by atoms with Gasteiger partial charge in [0, 0.05) is 15.6 Å². The van der Waals surface area contributed by atoms with E-state index in [-0.39, 0.29) is 30.4 Å². The van der Waals surface area contributed by atoms with E-state index in [0.717, 1.165) is 11.1 Å². The lowest BCUT2D eigenvalue weighted by Crippen LogP contribution is -2.21. The first-order valence-electron chi connectivity index (χ1n) is 9.42. The van der Waals surface area contributed by atoms with Crippen molar-refractivity contribution in [2.45, 2.75) is 20.8 Å². The van der Waals surface area contributed by atoms with E-state index in [1.54, 1.807) is 43.3 Å². The van der Waals surface area contributed by atoms with Crippen molar-refractivity contribution in [3.8, 4) is 17.0 Å². The Labute approximate surface area is 189 Å². The number of benzene rings is 2. The Hall–Kier alpha value is -3.03. The maximum atomic E-state index is 12.5. The maximum Gasteiger partial charge on any atom is 0.346 e. The largest absolute Gasteiger partial charge is 0.484 e. The summed E-state index contributed by atoms with van der Waals surface area (Å²) in [7, 11) is 0. The Bertz CT molecular complexity index is 1090. The van der Waals surface area contributed by atoms with Gasteiger partial charge in [-0.2, -0.15) is 0 Å². The van der Waals surface area contributed by atoms with Crippen molar-refractivity contribution in [3.05, 3.63) is 63.1 Å². The van der Waals surface area contributed by atoms with Gasteiger partial charge in [-0.25, -0.2) is 4.79 Å². The number of esters is 1. The Kier molecular flexibility index (Phi) is 7.20. The molecule has 1 N–H and O–H groups in total. The highest BCUT2D eigenvalue weighted by atomic mass is 35.5. The molecule has 0 spiro atoms. The van der Waals surface area contributed by atoms with Crippen LogP contribution in [0.25, 0.3) is 11.3 Å². The number of aryl methyl sites for hydroxylation is 2. The van der Waals surface area contributed by atoms with Gasteiger partial charge in [-0.05, 0) is 56.2 Å². The number of anilines is 1. The van der Waals surface area contributed by atoms with Gasteiger partial charge in [0.25, 0.3) is 5.91 Å². The van der Waals surface area contributed by atoms with Gasteiger partial charge >= 0.3 is 5.97 Å². The Morgan fingerprint density at radius 2 is 1.74 bits per heavy atom. The fraction of sp³-hybridized carbons (Fsp3) is 0.227. The minimum Gasteiger partial charge on any atom is -0.484 e. The third-order valence-electron chi connectivity index (χ3n) is 4.32. The van der Waals surface area contributed by atoms with Gasteiger partial charge in [0.05, 0.1) is 6.61 Å². The van der Waals surface area contributed by atoms with Crippen LogP contribution in [0.4, 0.5) is 5.88 Å². The summed E-state index contributed by atoms with van der Waals surface area (Å²) in [5.74, 6) is -0.830. The number of aromatic nitrogens is 1. The summed E-state index contributed by atoms with van der Waals surface area (Å²) in [5, 5.41) is 7.63. The zero-order valence-electron chi connectivity index (χ0n) is 17.1. The van der Waals surface area contributed by atoms with Gasteiger partial charge in [0.1, 0.15) is 11.4 Å². The first kappa shape index (κ1) is 22.7. The van der Waals surface area contributed by atoms with E-state index in [1.807, 2.05) is 13.8 Å². The minimum absolute atomic E-state index is 0.00991.